The first-order chi connectivity index (χ1) is 14.0. The van der Waals surface area contributed by atoms with Crippen LogP contribution in [0.1, 0.15) is 18.5 Å². The van der Waals surface area contributed by atoms with Gasteiger partial charge in [-0.3, -0.25) is 0 Å². The van der Waals surface area contributed by atoms with Crippen LogP contribution in [0.15, 0.2) is 43.0 Å². The zero-order chi connectivity index (χ0) is 20.5. The van der Waals surface area contributed by atoms with Crippen molar-refractivity contribution in [3.8, 4) is 11.3 Å². The highest BCUT2D eigenvalue weighted by atomic mass is 35.5. The average Bonchev–Trinajstić information content (AvgIpc) is 3.07. The summed E-state index contributed by atoms with van der Waals surface area (Å²) in [6.07, 6.45) is 4.53. The molecule has 0 amide bonds. The molecule has 0 aliphatic rings. The van der Waals surface area contributed by atoms with Gasteiger partial charge in [-0.25, -0.2) is 28.7 Å². The van der Waals surface area contributed by atoms with Gasteiger partial charge in [0.2, 0.25) is 0 Å². The molecule has 4 rings (SSSR count). The lowest BCUT2D eigenvalue weighted by Crippen LogP contribution is -2.12. The van der Waals surface area contributed by atoms with E-state index in [-0.39, 0.29) is 36.9 Å². The van der Waals surface area contributed by atoms with Crippen molar-refractivity contribution < 1.29 is 4.39 Å². The van der Waals surface area contributed by atoms with Gasteiger partial charge in [-0.2, -0.15) is 18.6 Å². The zero-order valence-electron chi connectivity index (χ0n) is 15.6. The van der Waals surface area contributed by atoms with E-state index in [1.54, 1.807) is 22.8 Å². The average molecular weight is 443 g/mol. The maximum Gasteiger partial charge on any atom is 0.268 e. The smallest absolute Gasteiger partial charge is 0.268 e. The van der Waals surface area contributed by atoms with E-state index < -0.39 is 0 Å². The Balaban J connectivity index is 0.00000256. The normalized spacial score (nSPS) is 11.5. The molecule has 30 heavy (non-hydrogen) atoms. The summed E-state index contributed by atoms with van der Waals surface area (Å²) >= 11 is 6.18. The van der Waals surface area contributed by atoms with Crippen molar-refractivity contribution in [2.45, 2.75) is 13.0 Å². The molecule has 3 aromatic heterocycles. The van der Waals surface area contributed by atoms with Gasteiger partial charge in [0, 0.05) is 17.3 Å². The molecule has 0 aliphatic heterocycles. The second kappa shape index (κ2) is 8.52. The van der Waals surface area contributed by atoms with E-state index in [4.69, 9.17) is 23.9 Å². The van der Waals surface area contributed by atoms with Crippen molar-refractivity contribution in [3.63, 3.8) is 0 Å². The van der Waals surface area contributed by atoms with E-state index in [0.29, 0.717) is 33.3 Å². The van der Waals surface area contributed by atoms with Crippen LogP contribution < -0.4 is 11.1 Å². The van der Waals surface area contributed by atoms with Crippen molar-refractivity contribution in [2.24, 2.45) is 0 Å². The second-order valence-electron chi connectivity index (χ2n) is 6.25. The van der Waals surface area contributed by atoms with E-state index in [0.717, 1.165) is 0 Å². The molecule has 1 atom stereocenters. The van der Waals surface area contributed by atoms with Crippen LogP contribution in [-0.4, -0.2) is 24.6 Å². The SMILES string of the molecule is S.[C-]#[N+]c1c(N)ncnc1N[C@@H](C)c1cn2ncc(Cl)c2nc1-c1cccc(F)c1. The Morgan fingerprint density at radius 1 is 1.33 bits per heavy atom. The molecule has 0 aliphatic carbocycles. The van der Waals surface area contributed by atoms with Gasteiger partial charge >= 0.3 is 0 Å². The highest BCUT2D eigenvalue weighted by Crippen LogP contribution is 2.34. The molecule has 3 N–H and O–H groups in total. The predicted octanol–water partition coefficient (Wildman–Crippen LogP) is 4.40. The van der Waals surface area contributed by atoms with Gasteiger partial charge in [0.05, 0.1) is 24.5 Å². The fourth-order valence-corrected chi connectivity index (χ4v) is 3.14. The molecule has 3 heterocycles. The minimum absolute atomic E-state index is 0. The standard InChI is InChI=1S/C19H14ClFN8.H2S/c1-10(27-18-16(23-2)17(22)24-9-25-18)13-8-29-19(14(20)7-26-29)28-15(13)11-4-3-5-12(21)6-11;/h3-10H,1H3,(H3,22,24,25,27);1H2/t10-;/m0./s1. The number of nitrogens with one attached hydrogen (secondary N) is 1. The molecule has 0 radical (unpaired) electrons. The quantitative estimate of drug-likeness (QED) is 0.454. The van der Waals surface area contributed by atoms with Gasteiger partial charge in [-0.1, -0.05) is 23.7 Å². The Labute approximate surface area is 183 Å². The third kappa shape index (κ3) is 3.85. The molecule has 11 heteroatoms. The minimum Gasteiger partial charge on any atom is -0.392 e. The summed E-state index contributed by atoms with van der Waals surface area (Å²) in [4.78, 5) is 16.0. The van der Waals surface area contributed by atoms with Crippen LogP contribution in [0.3, 0.4) is 0 Å². The molecule has 0 fully saturated rings. The number of halogens is 2. The number of rotatable bonds is 4. The van der Waals surface area contributed by atoms with Crippen LogP contribution in [-0.2, 0) is 0 Å². The van der Waals surface area contributed by atoms with Gasteiger partial charge in [-0.15, -0.1) is 0 Å². The maximum atomic E-state index is 13.9. The molecule has 0 unspecified atom stereocenters. The molecule has 0 saturated heterocycles. The fraction of sp³-hybridized carbons (Fsp3) is 0.105. The second-order valence-corrected chi connectivity index (χ2v) is 6.66. The minimum atomic E-state index is -0.380. The number of anilines is 2. The first-order valence-corrected chi connectivity index (χ1v) is 8.90. The molecule has 4 aromatic rings. The van der Waals surface area contributed by atoms with Gasteiger partial charge in [0.1, 0.15) is 28.8 Å². The lowest BCUT2D eigenvalue weighted by molar-refractivity contribution is 0.628. The monoisotopic (exact) mass is 442 g/mol. The van der Waals surface area contributed by atoms with Crippen LogP contribution in [0.2, 0.25) is 5.02 Å². The first kappa shape index (κ1) is 21.3. The summed E-state index contributed by atoms with van der Waals surface area (Å²) in [6.45, 7) is 9.19. The number of hydrogen-bond donors (Lipinski definition) is 2. The number of nitrogens with zero attached hydrogens (tertiary/aromatic N) is 6. The molecule has 0 spiro atoms. The largest absolute Gasteiger partial charge is 0.392 e. The molecule has 0 saturated carbocycles. The Hall–Kier alpha value is -3.42. The van der Waals surface area contributed by atoms with E-state index in [2.05, 4.69) is 30.2 Å². The Kier molecular flexibility index (Phi) is 6.05. The Morgan fingerprint density at radius 2 is 2.13 bits per heavy atom. The molecule has 8 nitrogen and oxygen atoms in total. The molecule has 0 bridgehead atoms. The van der Waals surface area contributed by atoms with E-state index in [1.807, 2.05) is 6.92 Å². The van der Waals surface area contributed by atoms with E-state index >= 15 is 0 Å². The van der Waals surface area contributed by atoms with E-state index in [1.165, 1.54) is 24.7 Å². The number of benzene rings is 1. The molecular formula is C19H16ClFN8S. The fourth-order valence-electron chi connectivity index (χ4n) is 2.97. The summed E-state index contributed by atoms with van der Waals surface area (Å²) < 4.78 is 15.4. The maximum absolute atomic E-state index is 13.9. The third-order valence-corrected chi connectivity index (χ3v) is 4.63. The van der Waals surface area contributed by atoms with Crippen molar-refractivity contribution >= 4 is 48.1 Å². The lowest BCUT2D eigenvalue weighted by Gasteiger charge is -2.19. The molecular weight excluding hydrogens is 427 g/mol. The van der Waals surface area contributed by atoms with Crippen LogP contribution >= 0.6 is 25.1 Å². The third-order valence-electron chi connectivity index (χ3n) is 4.36. The number of nitrogen functional groups attached to an aromatic ring is 1. The molecule has 1 aromatic carbocycles. The summed E-state index contributed by atoms with van der Waals surface area (Å²) in [5.74, 6) is 0.000447. The number of nitrogens with two attached hydrogens (primary N) is 1. The highest BCUT2D eigenvalue weighted by molar-refractivity contribution is 7.59. The van der Waals surface area contributed by atoms with Crippen LogP contribution in [0.5, 0.6) is 0 Å². The zero-order valence-corrected chi connectivity index (χ0v) is 17.4. The topological polar surface area (TPSA) is 98.4 Å². The summed E-state index contributed by atoms with van der Waals surface area (Å²) in [6, 6.07) is 5.75. The lowest BCUT2D eigenvalue weighted by atomic mass is 10.0. The first-order valence-electron chi connectivity index (χ1n) is 8.52. The number of fused-ring (bicyclic) bond motifs is 1. The summed E-state index contributed by atoms with van der Waals surface area (Å²) in [5, 5.41) is 7.74. The van der Waals surface area contributed by atoms with Gasteiger partial charge in [0.25, 0.3) is 5.69 Å². The van der Waals surface area contributed by atoms with Crippen LogP contribution in [0, 0.1) is 12.4 Å². The Morgan fingerprint density at radius 3 is 2.87 bits per heavy atom. The van der Waals surface area contributed by atoms with Crippen molar-refractivity contribution in [1.82, 2.24) is 24.6 Å². The van der Waals surface area contributed by atoms with E-state index in [9.17, 15) is 4.39 Å². The van der Waals surface area contributed by atoms with Gasteiger partial charge in [-0.05, 0) is 19.1 Å². The highest BCUT2D eigenvalue weighted by Gasteiger charge is 2.20. The van der Waals surface area contributed by atoms with Gasteiger partial charge in [0.15, 0.2) is 5.65 Å². The molecule has 152 valence electrons. The van der Waals surface area contributed by atoms with Crippen LogP contribution in [0.25, 0.3) is 21.7 Å². The number of aromatic nitrogens is 5. The van der Waals surface area contributed by atoms with Crippen molar-refractivity contribution in [3.05, 3.63) is 70.8 Å². The summed E-state index contributed by atoms with van der Waals surface area (Å²) in [5.41, 5.74) is 8.18. The number of hydrogen-bond acceptors (Lipinski definition) is 6. The van der Waals surface area contributed by atoms with Crippen molar-refractivity contribution in [2.75, 3.05) is 11.1 Å². The Bertz CT molecular complexity index is 1270. The summed E-state index contributed by atoms with van der Waals surface area (Å²) in [7, 11) is 0. The van der Waals surface area contributed by atoms with Crippen LogP contribution in [0.4, 0.5) is 21.7 Å². The van der Waals surface area contributed by atoms with Crippen molar-refractivity contribution in [1.29, 1.82) is 0 Å². The predicted molar refractivity (Wildman–Crippen MR) is 119 cm³/mol. The van der Waals surface area contributed by atoms with Gasteiger partial charge < -0.3 is 11.1 Å².